The van der Waals surface area contributed by atoms with Crippen LogP contribution in [0.3, 0.4) is 0 Å². The fraction of sp³-hybridized carbons (Fsp3) is 0.778. The number of fused-ring (bicyclic) bond motifs is 2. The van der Waals surface area contributed by atoms with Crippen molar-refractivity contribution in [3.63, 3.8) is 0 Å². The molecule has 4 unspecified atom stereocenters. The van der Waals surface area contributed by atoms with E-state index in [1.165, 1.54) is 0 Å². The molecule has 2 fully saturated rings. The summed E-state index contributed by atoms with van der Waals surface area (Å²) in [5.41, 5.74) is 0. The van der Waals surface area contributed by atoms with Crippen LogP contribution in [0.5, 0.6) is 0 Å². The monoisotopic (exact) mass is 232 g/mol. The van der Waals surface area contributed by atoms with Crippen LogP contribution in [0, 0.1) is 23.7 Å². The molecule has 6 heteroatoms. The Balaban J connectivity index is 0.000000980. The van der Waals surface area contributed by atoms with Gasteiger partial charge >= 0.3 is 71.1 Å². The van der Waals surface area contributed by atoms with Crippen molar-refractivity contribution in [1.82, 2.24) is 0 Å². The van der Waals surface area contributed by atoms with Gasteiger partial charge in [-0.1, -0.05) is 0 Å². The molecule has 0 radical (unpaired) electrons. The van der Waals surface area contributed by atoms with Gasteiger partial charge in [-0.15, -0.1) is 0 Å². The Morgan fingerprint density at radius 3 is 1.47 bits per heavy atom. The maximum absolute atomic E-state index is 10.8. The third kappa shape index (κ3) is 2.79. The summed E-state index contributed by atoms with van der Waals surface area (Å²) >= 11 is 0. The summed E-state index contributed by atoms with van der Waals surface area (Å²) in [7, 11) is 0. The number of aliphatic carboxylic acids is 2. The summed E-state index contributed by atoms with van der Waals surface area (Å²) in [4.78, 5) is 21.7. The average molecular weight is 232 g/mol. The Labute approximate surface area is 132 Å². The van der Waals surface area contributed by atoms with Crippen molar-refractivity contribution < 1.29 is 19.8 Å². The van der Waals surface area contributed by atoms with Gasteiger partial charge in [0, 0.05) is 0 Å². The molecule has 76 valence electrons. The standard InChI is InChI=1S/C9H12O4.2Na.2H/c10-8(11)6-4-1-2-5(3-4)7(6)9(12)13;;;;/h4-7H,1-3H2,(H,10,11)(H,12,13);;;;. The van der Waals surface area contributed by atoms with Gasteiger partial charge in [-0.05, 0) is 31.1 Å². The Morgan fingerprint density at radius 2 is 1.20 bits per heavy atom. The van der Waals surface area contributed by atoms with E-state index >= 15 is 0 Å². The molecule has 0 aromatic carbocycles. The molecule has 2 N–H and O–H groups in total. The zero-order valence-corrected chi connectivity index (χ0v) is 7.14. The van der Waals surface area contributed by atoms with E-state index in [2.05, 4.69) is 0 Å². The van der Waals surface area contributed by atoms with Crippen LogP contribution in [0.4, 0.5) is 0 Å². The molecular formula is C9H14Na2O4. The van der Waals surface area contributed by atoms with Gasteiger partial charge in [-0.25, -0.2) is 0 Å². The number of carboxylic acid groups (broad SMARTS) is 2. The van der Waals surface area contributed by atoms with E-state index < -0.39 is 23.8 Å². The number of carboxylic acids is 2. The number of hydrogen-bond donors (Lipinski definition) is 2. The van der Waals surface area contributed by atoms with Gasteiger partial charge in [-0.3, -0.25) is 9.59 Å². The van der Waals surface area contributed by atoms with Gasteiger partial charge in [0.25, 0.3) is 0 Å². The fourth-order valence-corrected chi connectivity index (χ4v) is 3.00. The summed E-state index contributed by atoms with van der Waals surface area (Å²) in [5, 5.41) is 17.8. The topological polar surface area (TPSA) is 74.6 Å². The van der Waals surface area contributed by atoms with Crippen molar-refractivity contribution in [3.8, 4) is 0 Å². The first-order valence-corrected chi connectivity index (χ1v) is 4.57. The van der Waals surface area contributed by atoms with Crippen LogP contribution in [-0.4, -0.2) is 81.3 Å². The third-order valence-corrected chi connectivity index (χ3v) is 3.49. The van der Waals surface area contributed by atoms with Crippen LogP contribution >= 0.6 is 0 Å². The summed E-state index contributed by atoms with van der Waals surface area (Å²) in [6.45, 7) is 0. The van der Waals surface area contributed by atoms with Gasteiger partial charge in [0.05, 0.1) is 11.8 Å². The van der Waals surface area contributed by atoms with Crippen LogP contribution in [0.2, 0.25) is 0 Å². The van der Waals surface area contributed by atoms with Crippen molar-refractivity contribution >= 4 is 71.1 Å². The van der Waals surface area contributed by atoms with E-state index in [0.717, 1.165) is 19.3 Å². The Bertz CT molecular complexity index is 243. The SMILES string of the molecule is O=C(O)C1C2CCC(C2)C1C(=O)O.[NaH].[NaH]. The molecule has 0 spiro atoms. The Kier molecular flexibility index (Phi) is 6.41. The van der Waals surface area contributed by atoms with Gasteiger partial charge in [0.15, 0.2) is 0 Å². The molecule has 0 heterocycles. The minimum absolute atomic E-state index is 0. The van der Waals surface area contributed by atoms with Crippen molar-refractivity contribution in [1.29, 1.82) is 0 Å². The quantitative estimate of drug-likeness (QED) is 0.631. The molecule has 0 aromatic heterocycles. The van der Waals surface area contributed by atoms with E-state index in [4.69, 9.17) is 10.2 Å². The normalized spacial score (nSPS) is 36.5. The predicted molar refractivity (Wildman–Crippen MR) is 57.4 cm³/mol. The first-order chi connectivity index (χ1) is 6.11. The van der Waals surface area contributed by atoms with Gasteiger partial charge in [-0.2, -0.15) is 0 Å². The van der Waals surface area contributed by atoms with E-state index in [1.54, 1.807) is 0 Å². The summed E-state index contributed by atoms with van der Waals surface area (Å²) < 4.78 is 0. The first kappa shape index (κ1) is 15.9. The summed E-state index contributed by atoms with van der Waals surface area (Å²) in [6, 6.07) is 0. The molecule has 2 saturated carbocycles. The molecule has 15 heavy (non-hydrogen) atoms. The molecule has 2 aliphatic carbocycles. The molecule has 0 saturated heterocycles. The molecule has 2 bridgehead atoms. The molecule has 0 amide bonds. The molecule has 0 aliphatic heterocycles. The third-order valence-electron chi connectivity index (χ3n) is 3.49. The molecule has 2 rings (SSSR count). The molecule has 4 atom stereocenters. The van der Waals surface area contributed by atoms with Crippen LogP contribution in [-0.2, 0) is 9.59 Å². The predicted octanol–water partition coefficient (Wildman–Crippen LogP) is -0.479. The molecule has 0 aromatic rings. The van der Waals surface area contributed by atoms with E-state index in [0.29, 0.717) is 0 Å². The summed E-state index contributed by atoms with van der Waals surface area (Å²) in [5.74, 6) is -2.89. The maximum atomic E-state index is 10.8. The second-order valence-corrected chi connectivity index (χ2v) is 4.06. The molecular weight excluding hydrogens is 218 g/mol. The van der Waals surface area contributed by atoms with Gasteiger partial charge in [0.2, 0.25) is 0 Å². The zero-order valence-electron chi connectivity index (χ0n) is 7.14. The molecule has 2 aliphatic rings. The average Bonchev–Trinajstić information content (AvgIpc) is 2.60. The van der Waals surface area contributed by atoms with E-state index in [-0.39, 0.29) is 71.0 Å². The minimum atomic E-state index is -0.931. The number of carbonyl (C=O) groups is 2. The number of hydrogen-bond acceptors (Lipinski definition) is 2. The van der Waals surface area contributed by atoms with Crippen LogP contribution in [0.1, 0.15) is 19.3 Å². The van der Waals surface area contributed by atoms with Crippen molar-refractivity contribution in [2.75, 3.05) is 0 Å². The first-order valence-electron chi connectivity index (χ1n) is 4.57. The van der Waals surface area contributed by atoms with E-state index in [9.17, 15) is 9.59 Å². The van der Waals surface area contributed by atoms with Gasteiger partial charge in [0.1, 0.15) is 0 Å². The second-order valence-electron chi connectivity index (χ2n) is 4.06. The van der Waals surface area contributed by atoms with Crippen molar-refractivity contribution in [3.05, 3.63) is 0 Å². The fourth-order valence-electron chi connectivity index (χ4n) is 3.00. The van der Waals surface area contributed by atoms with Crippen molar-refractivity contribution in [2.45, 2.75) is 19.3 Å². The van der Waals surface area contributed by atoms with Crippen molar-refractivity contribution in [2.24, 2.45) is 23.7 Å². The summed E-state index contributed by atoms with van der Waals surface area (Å²) in [6.07, 6.45) is 2.59. The second kappa shape index (κ2) is 6.03. The van der Waals surface area contributed by atoms with Crippen LogP contribution < -0.4 is 0 Å². The molecule has 4 nitrogen and oxygen atoms in total. The Hall–Kier alpha value is 0.940. The Morgan fingerprint density at radius 1 is 0.867 bits per heavy atom. The number of rotatable bonds is 2. The van der Waals surface area contributed by atoms with Gasteiger partial charge < -0.3 is 10.2 Å². The van der Waals surface area contributed by atoms with Crippen LogP contribution in [0.15, 0.2) is 0 Å². The zero-order chi connectivity index (χ0) is 9.59. The van der Waals surface area contributed by atoms with E-state index in [1.807, 2.05) is 0 Å². The van der Waals surface area contributed by atoms with Crippen LogP contribution in [0.25, 0.3) is 0 Å².